The molecule has 0 aromatic carbocycles. The molecule has 0 radical (unpaired) electrons. The number of hydrogen-bond donors (Lipinski definition) is 1. The van der Waals surface area contributed by atoms with Crippen molar-refractivity contribution in [3.63, 3.8) is 0 Å². The number of nitrogens with zero attached hydrogens (tertiary/aromatic N) is 2. The minimum Gasteiger partial charge on any atom is -0.468 e. The maximum Gasteiger partial charge on any atom is 0.323 e. The van der Waals surface area contributed by atoms with Crippen molar-refractivity contribution in [2.75, 3.05) is 7.11 Å². The molecule has 1 aromatic rings. The second-order valence-electron chi connectivity index (χ2n) is 4.67. The van der Waals surface area contributed by atoms with Crippen molar-refractivity contribution in [1.29, 1.82) is 0 Å². The number of methoxy groups -OCH3 is 1. The number of hydrogen-bond acceptors (Lipinski definition) is 4. The third kappa shape index (κ3) is 3.32. The van der Waals surface area contributed by atoms with E-state index in [2.05, 4.69) is 17.2 Å². The third-order valence-corrected chi connectivity index (χ3v) is 3.34. The van der Waals surface area contributed by atoms with E-state index in [4.69, 9.17) is 4.74 Å². The number of ether oxygens (including phenoxy) is 1. The van der Waals surface area contributed by atoms with E-state index in [0.717, 1.165) is 12.2 Å². The lowest BCUT2D eigenvalue weighted by atomic mass is 9.98. The molecule has 0 spiro atoms. The molecule has 102 valence electrons. The topological polar surface area (TPSA) is 56.2 Å². The fraction of sp³-hybridized carbons (Fsp3) is 0.692. The number of imidazole rings is 1. The summed E-state index contributed by atoms with van der Waals surface area (Å²) in [5, 5.41) is 3.30. The van der Waals surface area contributed by atoms with E-state index in [0.29, 0.717) is 0 Å². The van der Waals surface area contributed by atoms with Crippen molar-refractivity contribution in [2.24, 2.45) is 13.0 Å². The van der Waals surface area contributed by atoms with E-state index >= 15 is 0 Å². The van der Waals surface area contributed by atoms with Crippen LogP contribution in [0, 0.1) is 5.92 Å². The van der Waals surface area contributed by atoms with Crippen LogP contribution in [0.4, 0.5) is 0 Å². The Hall–Kier alpha value is -1.36. The highest BCUT2D eigenvalue weighted by atomic mass is 16.5. The zero-order valence-electron chi connectivity index (χ0n) is 11.8. The SMILES string of the molecule is CCC(C)C(NC(C)c1nccn1C)C(=O)OC. The first-order chi connectivity index (χ1) is 8.51. The lowest BCUT2D eigenvalue weighted by Gasteiger charge is -2.25. The summed E-state index contributed by atoms with van der Waals surface area (Å²) in [6, 6.07) is -0.296. The van der Waals surface area contributed by atoms with Crippen molar-refractivity contribution in [3.05, 3.63) is 18.2 Å². The molecule has 1 heterocycles. The monoisotopic (exact) mass is 253 g/mol. The van der Waals surface area contributed by atoms with Gasteiger partial charge in [-0.3, -0.25) is 10.1 Å². The highest BCUT2D eigenvalue weighted by Gasteiger charge is 2.27. The second-order valence-corrected chi connectivity index (χ2v) is 4.67. The average Bonchev–Trinajstić information content (AvgIpc) is 2.80. The van der Waals surface area contributed by atoms with Crippen LogP contribution in [0.3, 0.4) is 0 Å². The standard InChI is InChI=1S/C13H23N3O2/c1-6-9(2)11(13(17)18-5)15-10(3)12-14-7-8-16(12)4/h7-11,15H,6H2,1-5H3. The van der Waals surface area contributed by atoms with Crippen LogP contribution in [0.2, 0.25) is 0 Å². The van der Waals surface area contributed by atoms with Gasteiger partial charge >= 0.3 is 5.97 Å². The van der Waals surface area contributed by atoms with Gasteiger partial charge in [-0.1, -0.05) is 20.3 Å². The number of aromatic nitrogens is 2. The van der Waals surface area contributed by atoms with Crippen molar-refractivity contribution < 1.29 is 9.53 Å². The van der Waals surface area contributed by atoms with Crippen LogP contribution in [-0.4, -0.2) is 28.7 Å². The van der Waals surface area contributed by atoms with Crippen LogP contribution in [0.25, 0.3) is 0 Å². The van der Waals surface area contributed by atoms with Crippen molar-refractivity contribution in [3.8, 4) is 0 Å². The summed E-state index contributed by atoms with van der Waals surface area (Å²) < 4.78 is 6.80. The number of nitrogens with one attached hydrogen (secondary N) is 1. The molecule has 18 heavy (non-hydrogen) atoms. The molecule has 0 aliphatic heterocycles. The molecule has 0 aliphatic carbocycles. The van der Waals surface area contributed by atoms with E-state index in [1.807, 2.05) is 31.7 Å². The van der Waals surface area contributed by atoms with Crippen molar-refractivity contribution in [1.82, 2.24) is 14.9 Å². The normalized spacial score (nSPS) is 16.1. The number of esters is 1. The summed E-state index contributed by atoms with van der Waals surface area (Å²) in [6.07, 6.45) is 4.56. The van der Waals surface area contributed by atoms with Gasteiger partial charge in [-0.15, -0.1) is 0 Å². The molecule has 0 amide bonds. The Morgan fingerprint density at radius 1 is 1.56 bits per heavy atom. The van der Waals surface area contributed by atoms with Crippen molar-refractivity contribution >= 4 is 5.97 Å². The summed E-state index contributed by atoms with van der Waals surface area (Å²) in [4.78, 5) is 16.1. The summed E-state index contributed by atoms with van der Waals surface area (Å²) in [5.74, 6) is 0.915. The lowest BCUT2D eigenvalue weighted by molar-refractivity contribution is -0.144. The van der Waals surface area contributed by atoms with Gasteiger partial charge in [0.25, 0.3) is 0 Å². The van der Waals surface area contributed by atoms with E-state index in [9.17, 15) is 4.79 Å². The highest BCUT2D eigenvalue weighted by molar-refractivity contribution is 5.76. The molecule has 0 saturated carbocycles. The van der Waals surface area contributed by atoms with Gasteiger partial charge in [-0.2, -0.15) is 0 Å². The van der Waals surface area contributed by atoms with Crippen LogP contribution < -0.4 is 5.32 Å². The molecule has 5 heteroatoms. The molecule has 1 N–H and O–H groups in total. The smallest absolute Gasteiger partial charge is 0.323 e. The fourth-order valence-electron chi connectivity index (χ4n) is 1.97. The summed E-state index contributed by atoms with van der Waals surface area (Å²) in [7, 11) is 3.36. The molecular weight excluding hydrogens is 230 g/mol. The predicted octanol–water partition coefficient (Wildman–Crippen LogP) is 1.66. The zero-order valence-corrected chi connectivity index (χ0v) is 11.8. The Bertz CT molecular complexity index is 389. The van der Waals surface area contributed by atoms with Gasteiger partial charge in [0.05, 0.1) is 13.2 Å². The summed E-state index contributed by atoms with van der Waals surface area (Å²) >= 11 is 0. The van der Waals surface area contributed by atoms with Crippen LogP contribution in [0.1, 0.15) is 39.1 Å². The van der Waals surface area contributed by atoms with Gasteiger partial charge in [-0.25, -0.2) is 4.98 Å². The molecule has 3 atom stereocenters. The molecule has 0 fully saturated rings. The number of aryl methyl sites for hydroxylation is 1. The largest absolute Gasteiger partial charge is 0.468 e. The van der Waals surface area contributed by atoms with Crippen molar-refractivity contribution in [2.45, 2.75) is 39.3 Å². The van der Waals surface area contributed by atoms with E-state index in [1.54, 1.807) is 6.20 Å². The second kappa shape index (κ2) is 6.54. The molecule has 3 unspecified atom stereocenters. The first kappa shape index (κ1) is 14.7. The first-order valence-electron chi connectivity index (χ1n) is 6.32. The van der Waals surface area contributed by atoms with E-state index in [1.165, 1.54) is 7.11 Å². The van der Waals surface area contributed by atoms with Crippen LogP contribution in [0.5, 0.6) is 0 Å². The van der Waals surface area contributed by atoms with Crippen LogP contribution in [-0.2, 0) is 16.6 Å². The number of carbonyl (C=O) groups is 1. The Kier molecular flexibility index (Phi) is 5.34. The molecule has 1 rings (SSSR count). The molecule has 0 saturated heterocycles. The Balaban J connectivity index is 2.78. The zero-order chi connectivity index (χ0) is 13.7. The van der Waals surface area contributed by atoms with Gasteiger partial charge in [0.15, 0.2) is 0 Å². The maximum absolute atomic E-state index is 11.8. The number of rotatable bonds is 6. The lowest BCUT2D eigenvalue weighted by Crippen LogP contribution is -2.44. The average molecular weight is 253 g/mol. The van der Waals surface area contributed by atoms with Gasteiger partial charge in [0, 0.05) is 19.4 Å². The van der Waals surface area contributed by atoms with Gasteiger partial charge in [0.1, 0.15) is 11.9 Å². The van der Waals surface area contributed by atoms with E-state index in [-0.39, 0.29) is 24.0 Å². The predicted molar refractivity (Wildman–Crippen MR) is 70.0 cm³/mol. The van der Waals surface area contributed by atoms with Gasteiger partial charge in [0.2, 0.25) is 0 Å². The van der Waals surface area contributed by atoms with Crippen LogP contribution in [0.15, 0.2) is 12.4 Å². The molecule has 5 nitrogen and oxygen atoms in total. The maximum atomic E-state index is 11.8. The molecule has 1 aromatic heterocycles. The molecule has 0 aliphatic rings. The van der Waals surface area contributed by atoms with Gasteiger partial charge < -0.3 is 9.30 Å². The third-order valence-electron chi connectivity index (χ3n) is 3.34. The summed E-state index contributed by atoms with van der Waals surface area (Å²) in [6.45, 7) is 6.11. The quantitative estimate of drug-likeness (QED) is 0.783. The van der Waals surface area contributed by atoms with Gasteiger partial charge in [-0.05, 0) is 12.8 Å². The highest BCUT2D eigenvalue weighted by Crippen LogP contribution is 2.15. The number of carbonyl (C=O) groups excluding carboxylic acids is 1. The molecular formula is C13H23N3O2. The fourth-order valence-corrected chi connectivity index (χ4v) is 1.97. The Labute approximate surface area is 109 Å². The Morgan fingerprint density at radius 2 is 2.22 bits per heavy atom. The Morgan fingerprint density at radius 3 is 2.67 bits per heavy atom. The first-order valence-corrected chi connectivity index (χ1v) is 6.32. The van der Waals surface area contributed by atoms with Crippen LogP contribution >= 0.6 is 0 Å². The summed E-state index contributed by atoms with van der Waals surface area (Å²) in [5.41, 5.74) is 0. The minimum absolute atomic E-state index is 0.00287. The minimum atomic E-state index is -0.299. The van der Waals surface area contributed by atoms with E-state index < -0.39 is 0 Å². The molecule has 0 bridgehead atoms.